The number of benzene rings is 1. The molecule has 4 rings (SSSR count). The van der Waals surface area contributed by atoms with Crippen molar-refractivity contribution in [1.82, 2.24) is 19.6 Å². The van der Waals surface area contributed by atoms with Crippen molar-refractivity contribution in [3.63, 3.8) is 0 Å². The molecule has 0 bridgehead atoms. The second-order valence-corrected chi connectivity index (χ2v) is 7.63. The van der Waals surface area contributed by atoms with Gasteiger partial charge in [0, 0.05) is 25.1 Å². The Bertz CT molecular complexity index is 1060. The number of unbranched alkanes of at least 4 members (excludes halogenated alkanes) is 2. The van der Waals surface area contributed by atoms with E-state index in [0.717, 1.165) is 42.7 Å². The molecule has 30 heavy (non-hydrogen) atoms. The van der Waals surface area contributed by atoms with Crippen LogP contribution in [0.5, 0.6) is 11.5 Å². The summed E-state index contributed by atoms with van der Waals surface area (Å²) in [6.07, 6.45) is 3.03. The molecule has 1 aliphatic rings. The van der Waals surface area contributed by atoms with E-state index in [-0.39, 0.29) is 12.1 Å². The quantitative estimate of drug-likeness (QED) is 0.444. The first-order chi connectivity index (χ1) is 14.5. The number of aryl methyl sites for hydroxylation is 1. The van der Waals surface area contributed by atoms with Crippen molar-refractivity contribution in [2.24, 2.45) is 0 Å². The van der Waals surface area contributed by atoms with Crippen molar-refractivity contribution in [2.45, 2.75) is 52.6 Å². The topological polar surface area (TPSA) is 99.9 Å². The summed E-state index contributed by atoms with van der Waals surface area (Å²) in [5.74, 6) is 2.73. The zero-order valence-electron chi connectivity index (χ0n) is 17.6. The predicted molar refractivity (Wildman–Crippen MR) is 112 cm³/mol. The number of carbonyl (C=O) groups excluding carboxylic acids is 1. The highest BCUT2D eigenvalue weighted by molar-refractivity contribution is 5.86. The van der Waals surface area contributed by atoms with Crippen LogP contribution in [-0.4, -0.2) is 51.4 Å². The summed E-state index contributed by atoms with van der Waals surface area (Å²) < 4.78 is 18.5. The zero-order chi connectivity index (χ0) is 21.1. The van der Waals surface area contributed by atoms with Gasteiger partial charge in [0.2, 0.25) is 5.65 Å². The lowest BCUT2D eigenvalue weighted by molar-refractivity contribution is -0.147. The van der Waals surface area contributed by atoms with E-state index in [1.807, 2.05) is 37.3 Å². The first kappa shape index (κ1) is 20.2. The number of hydrogen-bond acceptors (Lipinski definition) is 8. The molecule has 1 aromatic carbocycles. The Balaban J connectivity index is 1.45. The summed E-state index contributed by atoms with van der Waals surface area (Å²) in [5, 5.41) is 11.9. The van der Waals surface area contributed by atoms with E-state index in [1.165, 1.54) is 0 Å². The van der Waals surface area contributed by atoms with Crippen molar-refractivity contribution in [2.75, 3.05) is 25.1 Å². The molecule has 0 aliphatic carbocycles. The number of hydrogen-bond donors (Lipinski definition) is 1. The third-order valence-electron chi connectivity index (χ3n) is 4.87. The Morgan fingerprint density at radius 1 is 1.17 bits per heavy atom. The minimum absolute atomic E-state index is 0.0604. The van der Waals surface area contributed by atoms with Crippen LogP contribution in [0.2, 0.25) is 0 Å². The Kier molecular flexibility index (Phi) is 5.87. The van der Waals surface area contributed by atoms with Crippen molar-refractivity contribution in [1.29, 1.82) is 0 Å². The maximum atomic E-state index is 11.6. The molecule has 0 fully saturated rings. The van der Waals surface area contributed by atoms with Gasteiger partial charge in [-0.25, -0.2) is 4.98 Å². The first-order valence-electron chi connectivity index (χ1n) is 10.4. The van der Waals surface area contributed by atoms with Crippen molar-refractivity contribution >= 4 is 28.5 Å². The summed E-state index contributed by atoms with van der Waals surface area (Å²) in [6, 6.07) is 3.83. The van der Waals surface area contributed by atoms with Crippen molar-refractivity contribution in [3.8, 4) is 11.5 Å². The van der Waals surface area contributed by atoms with Gasteiger partial charge in [-0.3, -0.25) is 9.20 Å². The fraction of sp³-hybridized carbons (Fsp3) is 0.524. The van der Waals surface area contributed by atoms with E-state index in [1.54, 1.807) is 0 Å². The van der Waals surface area contributed by atoms with Crippen molar-refractivity contribution < 1.29 is 19.0 Å². The van der Waals surface area contributed by atoms with Crippen LogP contribution in [0, 0.1) is 6.92 Å². The smallest absolute Gasteiger partial charge is 0.306 e. The van der Waals surface area contributed by atoms with Gasteiger partial charge in [-0.2, -0.15) is 0 Å². The van der Waals surface area contributed by atoms with Crippen LogP contribution in [-0.2, 0) is 9.53 Å². The summed E-state index contributed by atoms with van der Waals surface area (Å²) in [4.78, 5) is 16.4. The number of aromatic nitrogens is 4. The molecule has 0 saturated carbocycles. The molecule has 1 N–H and O–H groups in total. The average Bonchev–Trinajstić information content (AvgIpc) is 3.10. The van der Waals surface area contributed by atoms with Gasteiger partial charge >= 0.3 is 5.97 Å². The van der Waals surface area contributed by atoms with Crippen LogP contribution in [0.15, 0.2) is 12.1 Å². The van der Waals surface area contributed by atoms with Crippen molar-refractivity contribution in [3.05, 3.63) is 18.0 Å². The third-order valence-corrected chi connectivity index (χ3v) is 4.87. The molecular formula is C21H27N5O4. The number of fused-ring (bicyclic) bond motifs is 4. The molecular weight excluding hydrogens is 386 g/mol. The van der Waals surface area contributed by atoms with Crippen LogP contribution < -0.4 is 14.8 Å². The lowest BCUT2D eigenvalue weighted by Gasteiger charge is -2.19. The molecule has 3 heterocycles. The number of nitrogens with one attached hydrogen (secondary N) is 1. The molecule has 9 heteroatoms. The maximum absolute atomic E-state index is 11.6. The molecule has 2 aromatic heterocycles. The SMILES string of the molecule is Cc1nnc2c(NCCCCCC(=O)OC(C)C)nc3cc4c(cc3n12)OCCO4. The number of ether oxygens (including phenoxy) is 3. The molecule has 0 saturated heterocycles. The standard InChI is InChI=1S/C21H27N5O4/c1-13(2)30-19(27)7-5-4-6-8-22-20-21-25-24-14(3)26(21)16-12-18-17(11-15(16)23-20)28-9-10-29-18/h11-13H,4-10H2,1-3H3,(H,22,23). The van der Waals surface area contributed by atoms with Crippen LogP contribution in [0.25, 0.3) is 16.7 Å². The van der Waals surface area contributed by atoms with Gasteiger partial charge in [0.15, 0.2) is 17.3 Å². The number of esters is 1. The van der Waals surface area contributed by atoms with Gasteiger partial charge in [-0.1, -0.05) is 6.42 Å². The monoisotopic (exact) mass is 413 g/mol. The summed E-state index contributed by atoms with van der Waals surface area (Å²) in [6.45, 7) is 7.42. The summed E-state index contributed by atoms with van der Waals surface area (Å²) in [5.41, 5.74) is 2.34. The highest BCUT2D eigenvalue weighted by Gasteiger charge is 2.18. The van der Waals surface area contributed by atoms with Crippen LogP contribution in [0.4, 0.5) is 5.82 Å². The number of nitrogens with zero attached hydrogens (tertiary/aromatic N) is 4. The first-order valence-corrected chi connectivity index (χ1v) is 10.4. The second-order valence-electron chi connectivity index (χ2n) is 7.63. The normalized spacial score (nSPS) is 13.2. The molecule has 160 valence electrons. The van der Waals surface area contributed by atoms with E-state index >= 15 is 0 Å². The van der Waals surface area contributed by atoms with Gasteiger partial charge in [-0.15, -0.1) is 10.2 Å². The fourth-order valence-corrected chi connectivity index (χ4v) is 3.53. The van der Waals surface area contributed by atoms with E-state index in [9.17, 15) is 4.79 Å². The highest BCUT2D eigenvalue weighted by Crippen LogP contribution is 2.35. The van der Waals surface area contributed by atoms with E-state index in [2.05, 4.69) is 15.5 Å². The molecule has 9 nitrogen and oxygen atoms in total. The van der Waals surface area contributed by atoms with Gasteiger partial charge < -0.3 is 19.5 Å². The molecule has 0 radical (unpaired) electrons. The maximum Gasteiger partial charge on any atom is 0.306 e. The van der Waals surface area contributed by atoms with Gasteiger partial charge in [-0.05, 0) is 33.6 Å². The van der Waals surface area contributed by atoms with Gasteiger partial charge in [0.05, 0.1) is 17.1 Å². The van der Waals surface area contributed by atoms with E-state index in [0.29, 0.717) is 42.6 Å². The molecule has 1 aliphatic heterocycles. The highest BCUT2D eigenvalue weighted by atomic mass is 16.6. The minimum atomic E-state index is -0.135. The predicted octanol–water partition coefficient (Wildman–Crippen LogP) is 3.28. The third kappa shape index (κ3) is 4.24. The molecule has 0 amide bonds. The average molecular weight is 413 g/mol. The van der Waals surface area contributed by atoms with Gasteiger partial charge in [0.1, 0.15) is 19.0 Å². The largest absolute Gasteiger partial charge is 0.486 e. The summed E-state index contributed by atoms with van der Waals surface area (Å²) in [7, 11) is 0. The number of anilines is 1. The minimum Gasteiger partial charge on any atom is -0.486 e. The number of rotatable bonds is 8. The Labute approximate surface area is 174 Å². The Morgan fingerprint density at radius 2 is 1.93 bits per heavy atom. The number of carbonyl (C=O) groups is 1. The molecule has 0 spiro atoms. The van der Waals surface area contributed by atoms with E-state index < -0.39 is 0 Å². The van der Waals surface area contributed by atoms with Crippen LogP contribution >= 0.6 is 0 Å². The van der Waals surface area contributed by atoms with Crippen LogP contribution in [0.3, 0.4) is 0 Å². The lowest BCUT2D eigenvalue weighted by atomic mass is 10.2. The fourth-order valence-electron chi connectivity index (χ4n) is 3.53. The zero-order valence-corrected chi connectivity index (χ0v) is 17.6. The molecule has 0 atom stereocenters. The Morgan fingerprint density at radius 3 is 2.70 bits per heavy atom. The second kappa shape index (κ2) is 8.73. The molecule has 3 aromatic rings. The van der Waals surface area contributed by atoms with Crippen LogP contribution in [0.1, 0.15) is 45.4 Å². The van der Waals surface area contributed by atoms with E-state index in [4.69, 9.17) is 19.2 Å². The summed E-state index contributed by atoms with van der Waals surface area (Å²) >= 11 is 0. The Hall–Kier alpha value is -3.10. The lowest BCUT2D eigenvalue weighted by Crippen LogP contribution is -2.15. The van der Waals surface area contributed by atoms with Gasteiger partial charge in [0.25, 0.3) is 0 Å². The molecule has 0 unspecified atom stereocenters.